The fourth-order valence-corrected chi connectivity index (χ4v) is 12.7. The average Bonchev–Trinajstić information content (AvgIpc) is 0.706. The molecule has 6 unspecified atom stereocenters. The van der Waals surface area contributed by atoms with Crippen LogP contribution in [0, 0.1) is 0 Å². The highest BCUT2D eigenvalue weighted by Crippen LogP contribution is 2.71. The molecule has 6 atom stereocenters. The molecule has 0 spiro atoms. The first-order valence-electron chi connectivity index (χ1n) is 30.1. The van der Waals surface area contributed by atoms with E-state index in [2.05, 4.69) is 16.1 Å². The van der Waals surface area contributed by atoms with E-state index in [-0.39, 0.29) is 0 Å². The number of hydrogen-bond acceptors (Lipinski definition) is 8. The topological polar surface area (TPSA) is 52.6 Å². The third kappa shape index (κ3) is 20.6. The minimum absolute atomic E-state index is 1.90. The number of thioether (sulfide) groups is 4. The molecule has 0 aliphatic rings. The molecule has 782 valence electrons. The minimum Gasteiger partial charge on any atom is -0.464 e. The van der Waals surface area contributed by atoms with E-state index in [9.17, 15) is 308 Å². The van der Waals surface area contributed by atoms with E-state index in [1.54, 1.807) is 0 Å². The number of rotatable bonds is 49. The van der Waals surface area contributed by atoms with Crippen molar-refractivity contribution in [2.24, 2.45) is 0 Å². The Hall–Kier alpha value is -4.96. The molecule has 0 fully saturated rings. The first-order valence-corrected chi connectivity index (χ1v) is 34.1. The summed E-state index contributed by atoms with van der Waals surface area (Å²) in [5, 5.41) is -7.29. The zero-order chi connectivity index (χ0) is 107. The number of esters is 2. The number of carbonyl (C=O) groups is 2. The monoisotopic (exact) mass is 2200 g/mol. The summed E-state index contributed by atoms with van der Waals surface area (Å²) in [6.07, 6.45) is -54.1. The molecule has 0 bridgehead atoms. The first-order chi connectivity index (χ1) is 56.1. The normalized spacial score (nSPS) is 17.6. The fourth-order valence-electron chi connectivity index (χ4n) is 8.17. The van der Waals surface area contributed by atoms with E-state index in [4.69, 9.17) is 0 Å². The molecule has 0 aliphatic heterocycles. The second-order valence-corrected chi connectivity index (χ2v) is 30.6. The van der Waals surface area contributed by atoms with Crippen molar-refractivity contribution in [2.75, 3.05) is 24.7 Å². The maximum absolute atomic E-state index is 15.3. The van der Waals surface area contributed by atoms with Crippen LogP contribution in [-0.2, 0) is 19.1 Å². The lowest BCUT2D eigenvalue weighted by molar-refractivity contribution is -0.462. The quantitative estimate of drug-likeness (QED) is 0.0339. The third-order valence-corrected chi connectivity index (χ3v) is 20.9. The van der Waals surface area contributed by atoms with Gasteiger partial charge in [0.1, 0.15) is 13.2 Å². The maximum Gasteiger partial charge on any atom is 0.460 e. The van der Waals surface area contributed by atoms with Crippen LogP contribution >= 0.6 is 47.0 Å². The van der Waals surface area contributed by atoms with Gasteiger partial charge in [-0.05, 0) is 0 Å². The van der Waals surface area contributed by atoms with Gasteiger partial charge in [-0.3, -0.25) is 4.79 Å². The maximum atomic E-state index is 15.3. The summed E-state index contributed by atoms with van der Waals surface area (Å²) in [5.74, 6) is -266. The summed E-state index contributed by atoms with van der Waals surface area (Å²) in [6, 6.07) is 0. The van der Waals surface area contributed by atoms with Gasteiger partial charge in [0.15, 0.2) is 22.0 Å². The average molecular weight is 2200 g/mol. The molecule has 0 saturated carbocycles. The van der Waals surface area contributed by atoms with Crippen molar-refractivity contribution in [3.8, 4) is 0 Å². The molecule has 0 N–H and O–H groups in total. The highest BCUT2D eigenvalue weighted by molar-refractivity contribution is 8.04. The van der Waals surface area contributed by atoms with E-state index < -0.39 is 344 Å². The van der Waals surface area contributed by atoms with Gasteiger partial charge >= 0.3 is 202 Å². The van der Waals surface area contributed by atoms with Crippen molar-refractivity contribution in [3.63, 3.8) is 0 Å². The number of hydrogen-bond donors (Lipinski definition) is 0. The van der Waals surface area contributed by atoms with Crippen LogP contribution in [-0.4, -0.2) is 260 Å². The molecule has 0 saturated heterocycles. The van der Waals surface area contributed by atoms with Crippen LogP contribution in [0.4, 0.5) is 316 Å². The predicted molar refractivity (Wildman–Crippen MR) is 284 cm³/mol. The van der Waals surface area contributed by atoms with Gasteiger partial charge in [0, 0.05) is 17.1 Å². The van der Waals surface area contributed by atoms with Crippen molar-refractivity contribution in [1.29, 1.82) is 0 Å². The van der Waals surface area contributed by atoms with Crippen LogP contribution in [0.25, 0.3) is 0 Å². The van der Waals surface area contributed by atoms with Crippen LogP contribution in [0.3, 0.4) is 0 Å². The number of carbonyl (C=O) groups excluding carboxylic acids is 2. The Bertz CT molecular complexity index is 3860. The Balaban J connectivity index is 8.29. The van der Waals surface area contributed by atoms with Crippen LogP contribution < -0.4 is 0 Å². The molecule has 0 aromatic carbocycles. The minimum atomic E-state index is -9.57. The number of ether oxygens (including phenoxy) is 2. The van der Waals surface area contributed by atoms with Crippen molar-refractivity contribution in [2.45, 2.75) is 255 Å². The molecule has 4 nitrogen and oxygen atoms in total. The fraction of sp³-hybridized carbons (Fsp3) is 0.922. The smallest absolute Gasteiger partial charge is 0.460 e. The lowest BCUT2D eigenvalue weighted by atomic mass is 9.88. The Labute approximate surface area is 685 Å². The van der Waals surface area contributed by atoms with Gasteiger partial charge in [-0.2, -0.15) is 299 Å². The molecule has 0 rings (SSSR count). The molecule has 80 heteroatoms. The standard InChI is InChI=1S/C51H26F72O4S4/c1-11(19(125)127-8-13(131-17(55)6-23(62,63)27(70,71)31(78,79)35(86,87)39(94,95)43(102,103)47(110,111)51(121,122)123)10-129-15(53)4-21(58,59)25(66,67)29(74,75)33(82,83)37(90,91)41(98,99)45(106,107)49(115,116)117)2-18(124)126-7-12(130-16(54)5-22(60,61)26(68,69)30(76,77)34(84,85)38(92,93)42(100,101)46(108,109)50(118,119)120)9-128-14(52)3-20(56,57)24(64,65)28(72,73)32(80,81)36(88,89)40(96,97)44(104,105)48(112,113)114/h12-17H,1-10H2. The predicted octanol–water partition coefficient (Wildman–Crippen LogP) is 27.5. The van der Waals surface area contributed by atoms with Gasteiger partial charge in [-0.25, -0.2) is 22.4 Å². The van der Waals surface area contributed by atoms with Gasteiger partial charge < -0.3 is 9.47 Å². The number of halogens is 72. The summed E-state index contributed by atoms with van der Waals surface area (Å²) in [7, 11) is 0. The SMILES string of the molecule is C=C(CC(=O)OCC(CSC(F)CC(F)(F)C(F)(F)C(F)(F)C(F)(F)C(F)(F)C(F)(F)C(F)(F)C(F)(F)F)SC(F)CC(F)(F)C(F)(F)C(F)(F)C(F)(F)C(F)(F)C(F)(F)C(F)(F)C(F)(F)F)C(=O)OCC(CSC(F)CC(F)(F)C(F)(F)C(F)(F)C(F)(F)C(F)(F)C(F)(F)C(F)(F)C(F)(F)F)SC(F)CC(F)(F)C(F)(F)C(F)(F)C(F)(F)C(F)(F)C(F)(F)C(F)(F)C(F)(F)F. The summed E-state index contributed by atoms with van der Waals surface area (Å²) in [6.45, 7) is -3.28. The molecule has 0 heterocycles. The highest BCUT2D eigenvalue weighted by atomic mass is 32.2. The molecule has 0 radical (unpaired) electrons. The Kier molecular flexibility index (Phi) is 35.3. The van der Waals surface area contributed by atoms with Crippen LogP contribution in [0.5, 0.6) is 0 Å². The van der Waals surface area contributed by atoms with Crippen LogP contribution in [0.1, 0.15) is 32.1 Å². The summed E-state index contributed by atoms with van der Waals surface area (Å²) in [5.41, 5.74) is -22.1. The zero-order valence-corrected chi connectivity index (χ0v) is 61.8. The molecular formula is C51H26F72O4S4. The summed E-state index contributed by atoms with van der Waals surface area (Å²) >= 11 is -7.83. The Morgan fingerprint density at radius 2 is 0.359 bits per heavy atom. The second kappa shape index (κ2) is 36.7. The lowest BCUT2D eigenvalue weighted by Gasteiger charge is -2.43. The van der Waals surface area contributed by atoms with Gasteiger partial charge in [-0.1, -0.05) is 6.58 Å². The highest BCUT2D eigenvalue weighted by Gasteiger charge is 3.01. The van der Waals surface area contributed by atoms with Gasteiger partial charge in [-0.15, -0.1) is 47.0 Å². The van der Waals surface area contributed by atoms with Gasteiger partial charge in [0.2, 0.25) is 0 Å². The van der Waals surface area contributed by atoms with Crippen molar-refractivity contribution < 1.29 is 335 Å². The molecule has 0 aromatic rings. The lowest BCUT2D eigenvalue weighted by Crippen LogP contribution is -2.74. The van der Waals surface area contributed by atoms with E-state index in [1.165, 1.54) is 0 Å². The van der Waals surface area contributed by atoms with Crippen molar-refractivity contribution in [3.05, 3.63) is 12.2 Å². The molecule has 0 aromatic heterocycles. The van der Waals surface area contributed by atoms with E-state index in [0.717, 1.165) is 0 Å². The second-order valence-electron chi connectivity index (χ2n) is 25.3. The molecule has 0 aliphatic carbocycles. The summed E-state index contributed by atoms with van der Waals surface area (Å²) in [4.78, 5) is 25.4. The third-order valence-electron chi connectivity index (χ3n) is 15.9. The van der Waals surface area contributed by atoms with Gasteiger partial charge in [0.05, 0.1) is 42.6 Å². The largest absolute Gasteiger partial charge is 0.464 e. The Morgan fingerprint density at radius 1 is 0.214 bits per heavy atom. The summed E-state index contributed by atoms with van der Waals surface area (Å²) < 4.78 is 1010. The van der Waals surface area contributed by atoms with Crippen LogP contribution in [0.15, 0.2) is 12.2 Å². The van der Waals surface area contributed by atoms with E-state index >= 15 is 17.6 Å². The Morgan fingerprint density at radius 3 is 0.527 bits per heavy atom. The van der Waals surface area contributed by atoms with Crippen LogP contribution in [0.2, 0.25) is 0 Å². The molecule has 131 heavy (non-hydrogen) atoms. The molecule has 0 amide bonds. The molecular weight excluding hydrogens is 2170 g/mol. The van der Waals surface area contributed by atoms with Crippen molar-refractivity contribution >= 4 is 59.0 Å². The number of alkyl halides is 72. The van der Waals surface area contributed by atoms with Crippen molar-refractivity contribution in [1.82, 2.24) is 0 Å². The van der Waals surface area contributed by atoms with E-state index in [0.29, 0.717) is 0 Å². The zero-order valence-electron chi connectivity index (χ0n) is 58.5. The first kappa shape index (κ1) is 126. The van der Waals surface area contributed by atoms with Gasteiger partial charge in [0.25, 0.3) is 0 Å². The van der Waals surface area contributed by atoms with E-state index in [1.807, 2.05) is 0 Å².